The average Bonchev–Trinajstić information content (AvgIpc) is 2.68. The van der Waals surface area contributed by atoms with Crippen LogP contribution in [-0.2, 0) is 10.0 Å². The van der Waals surface area contributed by atoms with Crippen molar-refractivity contribution in [2.45, 2.75) is 4.90 Å². The molecule has 0 saturated heterocycles. The predicted molar refractivity (Wildman–Crippen MR) is 109 cm³/mol. The quantitative estimate of drug-likeness (QED) is 0.601. The molecule has 0 fully saturated rings. The van der Waals surface area contributed by atoms with Crippen LogP contribution in [0, 0.1) is 5.82 Å². The molecule has 0 saturated carbocycles. The molecule has 3 aromatic rings. The van der Waals surface area contributed by atoms with E-state index in [1.807, 2.05) is 0 Å². The van der Waals surface area contributed by atoms with Crippen LogP contribution < -0.4 is 11.1 Å². The van der Waals surface area contributed by atoms with Crippen molar-refractivity contribution in [2.75, 3.05) is 25.1 Å². The molecule has 0 amide bonds. The third-order valence-corrected chi connectivity index (χ3v) is 6.02. The first-order valence-corrected chi connectivity index (χ1v) is 9.99. The molecule has 29 heavy (non-hydrogen) atoms. The Morgan fingerprint density at radius 2 is 1.66 bits per heavy atom. The van der Waals surface area contributed by atoms with Crippen LogP contribution >= 0.6 is 0 Å². The van der Waals surface area contributed by atoms with E-state index < -0.39 is 21.6 Å². The Morgan fingerprint density at radius 3 is 2.24 bits per heavy atom. The van der Waals surface area contributed by atoms with Gasteiger partial charge in [-0.05, 0) is 48.5 Å². The molecule has 1 heterocycles. The zero-order chi connectivity index (χ0) is 21.2. The number of nitrogens with two attached hydrogens (primary N) is 1. The second kappa shape index (κ2) is 7.98. The fourth-order valence-electron chi connectivity index (χ4n) is 2.60. The minimum Gasteiger partial charge on any atom is -0.383 e. The normalized spacial score (nSPS) is 11.4. The van der Waals surface area contributed by atoms with E-state index in [0.29, 0.717) is 11.5 Å². The number of carbonyl (C=O) groups is 1. The van der Waals surface area contributed by atoms with Gasteiger partial charge in [0.1, 0.15) is 17.5 Å². The van der Waals surface area contributed by atoms with Crippen molar-refractivity contribution >= 4 is 33.1 Å². The number of nitrogens with one attached hydrogen (secondary N) is 1. The summed E-state index contributed by atoms with van der Waals surface area (Å²) >= 11 is 0. The molecule has 0 aliphatic carbocycles. The minimum absolute atomic E-state index is 0.0462. The van der Waals surface area contributed by atoms with E-state index in [1.165, 1.54) is 56.6 Å². The smallest absolute Gasteiger partial charge is 0.242 e. The van der Waals surface area contributed by atoms with Gasteiger partial charge in [0.25, 0.3) is 0 Å². The van der Waals surface area contributed by atoms with Crippen LogP contribution in [0.4, 0.5) is 21.7 Å². The summed E-state index contributed by atoms with van der Waals surface area (Å²) in [6, 6.07) is 14.8. The summed E-state index contributed by atoms with van der Waals surface area (Å²) in [5.74, 6) is -0.879. The summed E-state index contributed by atoms with van der Waals surface area (Å²) in [5.41, 5.74) is 6.49. The third kappa shape index (κ3) is 4.25. The predicted octanol–water partition coefficient (Wildman–Crippen LogP) is 3.03. The first-order chi connectivity index (χ1) is 13.7. The number of rotatable bonds is 6. The molecule has 0 spiro atoms. The lowest BCUT2D eigenvalue weighted by atomic mass is 10.0. The van der Waals surface area contributed by atoms with Gasteiger partial charge in [-0.15, -0.1) is 0 Å². The van der Waals surface area contributed by atoms with Gasteiger partial charge in [0.05, 0.1) is 16.0 Å². The number of sulfonamides is 1. The van der Waals surface area contributed by atoms with E-state index in [2.05, 4.69) is 10.3 Å². The van der Waals surface area contributed by atoms with Crippen LogP contribution in [0.3, 0.4) is 0 Å². The maximum atomic E-state index is 13.9. The van der Waals surface area contributed by atoms with Crippen molar-refractivity contribution in [3.63, 3.8) is 0 Å². The highest BCUT2D eigenvalue weighted by molar-refractivity contribution is 7.89. The monoisotopic (exact) mass is 414 g/mol. The van der Waals surface area contributed by atoms with E-state index in [-0.39, 0.29) is 21.8 Å². The molecule has 1 aromatic heterocycles. The molecule has 0 unspecified atom stereocenters. The highest BCUT2D eigenvalue weighted by Gasteiger charge is 2.18. The highest BCUT2D eigenvalue weighted by atomic mass is 32.2. The van der Waals surface area contributed by atoms with Crippen molar-refractivity contribution in [3.05, 3.63) is 77.6 Å². The van der Waals surface area contributed by atoms with Crippen LogP contribution in [0.5, 0.6) is 0 Å². The number of carbonyl (C=O) groups excluding carboxylic acids is 1. The number of halogens is 1. The molecule has 0 radical (unpaired) electrons. The van der Waals surface area contributed by atoms with Crippen LogP contribution in [0.1, 0.15) is 15.9 Å². The molecule has 0 bridgehead atoms. The molecule has 7 nitrogen and oxygen atoms in total. The standard InChI is InChI=1S/C20H19FN4O3S/c1-25(2)29(27,28)14-9-7-13(8-10-14)23-18-12-11-16(20(22)24-18)19(26)15-5-3-4-6-17(15)21/h3-12H,1-2H3,(H3,22,23,24). The van der Waals surface area contributed by atoms with Crippen LogP contribution in [0.15, 0.2) is 65.6 Å². The SMILES string of the molecule is CN(C)S(=O)(=O)c1ccc(Nc2ccc(C(=O)c3ccccc3F)c(N)n2)cc1. The number of hydrogen-bond donors (Lipinski definition) is 2. The maximum Gasteiger partial charge on any atom is 0.242 e. The van der Waals surface area contributed by atoms with E-state index in [1.54, 1.807) is 18.2 Å². The number of pyridine rings is 1. The fourth-order valence-corrected chi connectivity index (χ4v) is 3.50. The van der Waals surface area contributed by atoms with Gasteiger partial charge in [-0.1, -0.05) is 12.1 Å². The van der Waals surface area contributed by atoms with Gasteiger partial charge in [-0.3, -0.25) is 4.79 Å². The van der Waals surface area contributed by atoms with Crippen LogP contribution in [-0.4, -0.2) is 37.6 Å². The van der Waals surface area contributed by atoms with Crippen molar-refractivity contribution in [1.29, 1.82) is 0 Å². The zero-order valence-corrected chi connectivity index (χ0v) is 16.6. The Hall–Kier alpha value is -3.30. The Bertz CT molecular complexity index is 1160. The van der Waals surface area contributed by atoms with Gasteiger partial charge < -0.3 is 11.1 Å². The molecule has 0 aliphatic heterocycles. The Labute approximate surface area is 168 Å². The van der Waals surface area contributed by atoms with Crippen LogP contribution in [0.2, 0.25) is 0 Å². The second-order valence-corrected chi connectivity index (χ2v) is 8.53. The molecular weight excluding hydrogens is 395 g/mol. The number of ketones is 1. The third-order valence-electron chi connectivity index (χ3n) is 4.19. The fraction of sp³-hybridized carbons (Fsp3) is 0.100. The van der Waals surface area contributed by atoms with Gasteiger partial charge in [0.15, 0.2) is 5.78 Å². The summed E-state index contributed by atoms with van der Waals surface area (Å²) in [6.07, 6.45) is 0. The van der Waals surface area contributed by atoms with Gasteiger partial charge in [-0.2, -0.15) is 0 Å². The molecule has 0 aliphatic rings. The number of benzene rings is 2. The van der Waals surface area contributed by atoms with E-state index >= 15 is 0 Å². The van der Waals surface area contributed by atoms with Crippen molar-refractivity contribution < 1.29 is 17.6 Å². The second-order valence-electron chi connectivity index (χ2n) is 6.38. The van der Waals surface area contributed by atoms with E-state index in [9.17, 15) is 17.6 Å². The molecule has 3 N–H and O–H groups in total. The van der Waals surface area contributed by atoms with Gasteiger partial charge >= 0.3 is 0 Å². The first-order valence-electron chi connectivity index (χ1n) is 8.55. The summed E-state index contributed by atoms with van der Waals surface area (Å²) in [5, 5.41) is 2.99. The maximum absolute atomic E-state index is 13.9. The zero-order valence-electron chi connectivity index (χ0n) is 15.8. The summed E-state index contributed by atoms with van der Waals surface area (Å²) < 4.78 is 39.2. The number of anilines is 3. The largest absolute Gasteiger partial charge is 0.383 e. The lowest BCUT2D eigenvalue weighted by Gasteiger charge is -2.12. The Morgan fingerprint density at radius 1 is 1.00 bits per heavy atom. The lowest BCUT2D eigenvalue weighted by molar-refractivity contribution is 0.103. The van der Waals surface area contributed by atoms with Crippen molar-refractivity contribution in [1.82, 2.24) is 9.29 Å². The summed E-state index contributed by atoms with van der Waals surface area (Å²) in [7, 11) is -0.603. The number of nitrogens with zero attached hydrogens (tertiary/aromatic N) is 2. The van der Waals surface area contributed by atoms with E-state index in [4.69, 9.17) is 5.73 Å². The topological polar surface area (TPSA) is 105 Å². The number of nitrogen functional groups attached to an aromatic ring is 1. The van der Waals surface area contributed by atoms with Crippen LogP contribution in [0.25, 0.3) is 0 Å². The number of hydrogen-bond acceptors (Lipinski definition) is 6. The van der Waals surface area contributed by atoms with Crippen molar-refractivity contribution in [2.24, 2.45) is 0 Å². The van der Waals surface area contributed by atoms with Crippen molar-refractivity contribution in [3.8, 4) is 0 Å². The molecule has 150 valence electrons. The van der Waals surface area contributed by atoms with Gasteiger partial charge in [0.2, 0.25) is 10.0 Å². The highest BCUT2D eigenvalue weighted by Crippen LogP contribution is 2.23. The van der Waals surface area contributed by atoms with E-state index in [0.717, 1.165) is 4.31 Å². The molecule has 9 heteroatoms. The molecule has 2 aromatic carbocycles. The minimum atomic E-state index is -3.52. The number of aromatic nitrogens is 1. The van der Waals surface area contributed by atoms with Gasteiger partial charge in [-0.25, -0.2) is 22.1 Å². The Balaban J connectivity index is 1.81. The molecule has 0 atom stereocenters. The average molecular weight is 414 g/mol. The summed E-state index contributed by atoms with van der Waals surface area (Å²) in [4.78, 5) is 16.8. The van der Waals surface area contributed by atoms with Gasteiger partial charge in [0, 0.05) is 19.8 Å². The Kier molecular flexibility index (Phi) is 5.62. The molecule has 3 rings (SSSR count). The first kappa shape index (κ1) is 20.4. The summed E-state index contributed by atoms with van der Waals surface area (Å²) in [6.45, 7) is 0. The molecular formula is C20H19FN4O3S. The lowest BCUT2D eigenvalue weighted by Crippen LogP contribution is -2.22.